The molecule has 110 valence electrons. The smallest absolute Gasteiger partial charge is 0.191 e. The van der Waals surface area contributed by atoms with E-state index in [9.17, 15) is 0 Å². The maximum absolute atomic E-state index is 6.13. The van der Waals surface area contributed by atoms with Crippen molar-refractivity contribution in [2.45, 2.75) is 24.7 Å². The molecule has 0 radical (unpaired) electrons. The van der Waals surface area contributed by atoms with E-state index in [4.69, 9.17) is 10.5 Å². The fourth-order valence-electron chi connectivity index (χ4n) is 2.81. The molecular formula is C14H20BrN3OS. The third-order valence-electron chi connectivity index (χ3n) is 4.29. The molecule has 3 rings (SSSR count). The van der Waals surface area contributed by atoms with Gasteiger partial charge in [-0.25, -0.2) is 0 Å². The fourth-order valence-corrected chi connectivity index (χ4v) is 4.43. The van der Waals surface area contributed by atoms with Crippen LogP contribution in [-0.4, -0.2) is 43.7 Å². The van der Waals surface area contributed by atoms with Crippen molar-refractivity contribution in [2.24, 2.45) is 10.7 Å². The topological polar surface area (TPSA) is 50.8 Å². The van der Waals surface area contributed by atoms with Crippen LogP contribution < -0.4 is 5.73 Å². The predicted octanol–water partition coefficient (Wildman–Crippen LogP) is 2.58. The van der Waals surface area contributed by atoms with Crippen molar-refractivity contribution in [3.05, 3.63) is 20.8 Å². The molecule has 1 saturated heterocycles. The van der Waals surface area contributed by atoms with Crippen molar-refractivity contribution in [1.29, 1.82) is 0 Å². The van der Waals surface area contributed by atoms with Crippen LogP contribution in [-0.2, 0) is 10.2 Å². The number of hydrogen-bond acceptors (Lipinski definition) is 3. The van der Waals surface area contributed by atoms with Crippen LogP contribution in [0.3, 0.4) is 0 Å². The normalized spacial score (nSPS) is 22.6. The van der Waals surface area contributed by atoms with E-state index in [0.717, 1.165) is 32.8 Å². The molecule has 1 aromatic heterocycles. The van der Waals surface area contributed by atoms with Crippen molar-refractivity contribution >= 4 is 33.2 Å². The second kappa shape index (κ2) is 6.03. The zero-order valence-electron chi connectivity index (χ0n) is 11.5. The van der Waals surface area contributed by atoms with Gasteiger partial charge in [-0.15, -0.1) is 11.3 Å². The molecule has 4 nitrogen and oxygen atoms in total. The fraction of sp³-hybridized carbons (Fsp3) is 0.643. The first-order valence-corrected chi connectivity index (χ1v) is 8.69. The summed E-state index contributed by atoms with van der Waals surface area (Å²) in [6.45, 7) is 4.02. The molecule has 1 aliphatic carbocycles. The maximum atomic E-state index is 6.13. The largest absolute Gasteiger partial charge is 0.378 e. The van der Waals surface area contributed by atoms with Gasteiger partial charge in [0.2, 0.25) is 0 Å². The molecule has 0 unspecified atom stereocenters. The predicted molar refractivity (Wildman–Crippen MR) is 86.4 cm³/mol. The lowest BCUT2D eigenvalue weighted by atomic mass is 9.68. The Kier molecular flexibility index (Phi) is 4.33. The van der Waals surface area contributed by atoms with E-state index in [-0.39, 0.29) is 5.41 Å². The Labute approximate surface area is 132 Å². The second-order valence-electron chi connectivity index (χ2n) is 5.51. The summed E-state index contributed by atoms with van der Waals surface area (Å²) in [5.41, 5.74) is 6.36. The van der Waals surface area contributed by atoms with Crippen LogP contribution in [0.1, 0.15) is 24.1 Å². The van der Waals surface area contributed by atoms with Crippen LogP contribution in [0.25, 0.3) is 0 Å². The van der Waals surface area contributed by atoms with Gasteiger partial charge >= 0.3 is 0 Å². The highest BCUT2D eigenvalue weighted by atomic mass is 79.9. The number of thiophene rings is 1. The number of morpholine rings is 1. The first kappa shape index (κ1) is 14.4. The number of rotatable bonds is 3. The van der Waals surface area contributed by atoms with Crippen LogP contribution >= 0.6 is 27.3 Å². The summed E-state index contributed by atoms with van der Waals surface area (Å²) in [6, 6.07) is 4.36. The van der Waals surface area contributed by atoms with Gasteiger partial charge in [0.15, 0.2) is 5.96 Å². The third kappa shape index (κ3) is 2.87. The quantitative estimate of drug-likeness (QED) is 0.668. The highest BCUT2D eigenvalue weighted by Gasteiger charge is 2.39. The summed E-state index contributed by atoms with van der Waals surface area (Å²) in [4.78, 5) is 8.25. The van der Waals surface area contributed by atoms with Gasteiger partial charge in [0.1, 0.15) is 0 Å². The average Bonchev–Trinajstić information content (AvgIpc) is 2.85. The molecule has 0 amide bonds. The molecule has 6 heteroatoms. The van der Waals surface area contributed by atoms with Gasteiger partial charge in [-0.2, -0.15) is 0 Å². The van der Waals surface area contributed by atoms with Gasteiger partial charge in [-0.05, 0) is 40.9 Å². The van der Waals surface area contributed by atoms with E-state index in [2.05, 4.69) is 38.0 Å². The van der Waals surface area contributed by atoms with Crippen molar-refractivity contribution in [1.82, 2.24) is 4.90 Å². The first-order chi connectivity index (χ1) is 9.70. The van der Waals surface area contributed by atoms with Crippen molar-refractivity contribution in [3.63, 3.8) is 0 Å². The number of halogens is 1. The molecule has 1 saturated carbocycles. The summed E-state index contributed by atoms with van der Waals surface area (Å²) >= 11 is 5.39. The second-order valence-corrected chi connectivity index (χ2v) is 7.97. The molecule has 2 heterocycles. The highest BCUT2D eigenvalue weighted by molar-refractivity contribution is 9.11. The summed E-state index contributed by atoms with van der Waals surface area (Å²) in [5.74, 6) is 0.676. The molecule has 0 aromatic carbocycles. The van der Waals surface area contributed by atoms with Gasteiger partial charge in [-0.3, -0.25) is 4.99 Å². The summed E-state index contributed by atoms with van der Waals surface area (Å²) in [5, 5.41) is 0. The SMILES string of the molecule is NC(=NCC1(c2ccc(Br)s2)CCC1)N1CCOCC1. The van der Waals surface area contributed by atoms with E-state index < -0.39 is 0 Å². The van der Waals surface area contributed by atoms with E-state index >= 15 is 0 Å². The monoisotopic (exact) mass is 357 g/mol. The number of guanidine groups is 1. The Bertz CT molecular complexity index is 492. The van der Waals surface area contributed by atoms with Gasteiger partial charge in [0, 0.05) is 23.4 Å². The van der Waals surface area contributed by atoms with Crippen LogP contribution in [0, 0.1) is 0 Å². The van der Waals surface area contributed by atoms with Crippen LogP contribution in [0.4, 0.5) is 0 Å². The lowest BCUT2D eigenvalue weighted by Gasteiger charge is -2.40. The number of aliphatic imine (C=N–C) groups is 1. The van der Waals surface area contributed by atoms with Gasteiger partial charge in [0.25, 0.3) is 0 Å². The standard InChI is InChI=1S/C14H20BrN3OS/c15-12-3-2-11(20-12)14(4-1-5-14)10-17-13(16)18-6-8-19-9-7-18/h2-3H,1,4-10H2,(H2,16,17). The van der Waals surface area contributed by atoms with E-state index in [1.54, 1.807) is 0 Å². The third-order valence-corrected chi connectivity index (χ3v) is 6.16. The number of ether oxygens (including phenoxy) is 1. The lowest BCUT2D eigenvalue weighted by Crippen LogP contribution is -2.46. The number of nitrogens with two attached hydrogens (primary N) is 1. The summed E-state index contributed by atoms with van der Waals surface area (Å²) < 4.78 is 6.54. The lowest BCUT2D eigenvalue weighted by molar-refractivity contribution is 0.0673. The Hall–Kier alpha value is -0.590. The minimum Gasteiger partial charge on any atom is -0.378 e. The Morgan fingerprint density at radius 3 is 2.70 bits per heavy atom. The van der Waals surface area contributed by atoms with Gasteiger partial charge < -0.3 is 15.4 Å². The molecule has 2 N–H and O–H groups in total. The Morgan fingerprint density at radius 2 is 2.15 bits per heavy atom. The molecular weight excluding hydrogens is 338 g/mol. The van der Waals surface area contributed by atoms with E-state index in [0.29, 0.717) is 5.96 Å². The van der Waals surface area contributed by atoms with Gasteiger partial charge in [0.05, 0.1) is 23.5 Å². The average molecular weight is 358 g/mol. The zero-order valence-corrected chi connectivity index (χ0v) is 13.9. The molecule has 20 heavy (non-hydrogen) atoms. The van der Waals surface area contributed by atoms with Crippen molar-refractivity contribution in [3.8, 4) is 0 Å². The summed E-state index contributed by atoms with van der Waals surface area (Å²) in [7, 11) is 0. The molecule has 0 atom stereocenters. The molecule has 1 aromatic rings. The van der Waals surface area contributed by atoms with E-state index in [1.165, 1.54) is 27.9 Å². The number of hydrogen-bond donors (Lipinski definition) is 1. The number of nitrogens with zero attached hydrogens (tertiary/aromatic N) is 2. The van der Waals surface area contributed by atoms with E-state index in [1.807, 2.05) is 11.3 Å². The minimum absolute atomic E-state index is 0.230. The molecule has 2 fully saturated rings. The minimum atomic E-state index is 0.230. The first-order valence-electron chi connectivity index (χ1n) is 7.08. The van der Waals surface area contributed by atoms with Crippen LogP contribution in [0.2, 0.25) is 0 Å². The van der Waals surface area contributed by atoms with Crippen LogP contribution in [0.5, 0.6) is 0 Å². The van der Waals surface area contributed by atoms with Crippen LogP contribution in [0.15, 0.2) is 20.9 Å². The van der Waals surface area contributed by atoms with Gasteiger partial charge in [-0.1, -0.05) is 6.42 Å². The summed E-state index contributed by atoms with van der Waals surface area (Å²) in [6.07, 6.45) is 3.74. The zero-order chi connectivity index (χ0) is 14.0. The molecule has 2 aliphatic rings. The highest BCUT2D eigenvalue weighted by Crippen LogP contribution is 2.47. The maximum Gasteiger partial charge on any atom is 0.191 e. The Morgan fingerprint density at radius 1 is 1.40 bits per heavy atom. The Balaban J connectivity index is 1.68. The molecule has 0 bridgehead atoms. The van der Waals surface area contributed by atoms with Crippen molar-refractivity contribution < 1.29 is 4.74 Å². The molecule has 0 spiro atoms. The van der Waals surface area contributed by atoms with Crippen molar-refractivity contribution in [2.75, 3.05) is 32.8 Å². The molecule has 1 aliphatic heterocycles.